The van der Waals surface area contributed by atoms with Gasteiger partial charge in [0.2, 0.25) is 5.58 Å². The summed E-state index contributed by atoms with van der Waals surface area (Å²) < 4.78 is 43.8. The average molecular weight is 478 g/mol. The number of carbonyl (C=O) groups excluding carboxylic acids is 1. The molecule has 7 nitrogen and oxygen atoms in total. The van der Waals surface area contributed by atoms with Crippen molar-refractivity contribution in [1.29, 1.82) is 0 Å². The molecule has 1 aliphatic carbocycles. The lowest BCUT2D eigenvalue weighted by molar-refractivity contribution is -0.159. The summed E-state index contributed by atoms with van der Waals surface area (Å²) in [5.41, 5.74) is 0.00729. The third-order valence-corrected chi connectivity index (χ3v) is 7.63. The van der Waals surface area contributed by atoms with Crippen molar-refractivity contribution in [2.24, 2.45) is 11.8 Å². The number of nitrogens with zero attached hydrogens (tertiary/aromatic N) is 3. The lowest BCUT2D eigenvalue weighted by atomic mass is 9.85. The highest BCUT2D eigenvalue weighted by Gasteiger charge is 2.29. The van der Waals surface area contributed by atoms with E-state index >= 15 is 0 Å². The number of anilines is 1. The molecule has 0 amide bonds. The van der Waals surface area contributed by atoms with E-state index in [1.807, 2.05) is 4.90 Å². The van der Waals surface area contributed by atoms with Crippen molar-refractivity contribution in [3.63, 3.8) is 0 Å². The molecule has 1 saturated carbocycles. The molecule has 3 fully saturated rings. The third-order valence-electron chi connectivity index (χ3n) is 7.63. The molecule has 2 aliphatic heterocycles. The first-order valence-corrected chi connectivity index (χ1v) is 12.6. The fraction of sp³-hybridized carbons (Fsp3) is 0.680. The van der Waals surface area contributed by atoms with Crippen LogP contribution in [0.25, 0.3) is 11.0 Å². The Balaban J connectivity index is 1.03. The van der Waals surface area contributed by atoms with Crippen LogP contribution in [0, 0.1) is 23.5 Å². The number of rotatable bonds is 6. The highest BCUT2D eigenvalue weighted by Crippen LogP contribution is 2.31. The third kappa shape index (κ3) is 5.35. The molecule has 0 bridgehead atoms. The predicted octanol–water partition coefficient (Wildman–Crippen LogP) is 4.15. The maximum absolute atomic E-state index is 13.9. The number of halogens is 2. The van der Waals surface area contributed by atoms with Gasteiger partial charge in [-0.2, -0.15) is 0 Å². The van der Waals surface area contributed by atoms with E-state index in [0.29, 0.717) is 30.3 Å². The van der Waals surface area contributed by atoms with Crippen molar-refractivity contribution in [2.75, 3.05) is 50.8 Å². The van der Waals surface area contributed by atoms with Gasteiger partial charge in [0.1, 0.15) is 11.9 Å². The second-order valence-corrected chi connectivity index (χ2v) is 9.85. The number of aromatic nitrogens is 1. The summed E-state index contributed by atoms with van der Waals surface area (Å²) in [6, 6.07) is 2.10. The Hall–Kier alpha value is -2.26. The van der Waals surface area contributed by atoms with Gasteiger partial charge in [-0.05, 0) is 63.5 Å². The van der Waals surface area contributed by atoms with E-state index in [1.54, 1.807) is 0 Å². The van der Waals surface area contributed by atoms with Gasteiger partial charge in [0.15, 0.2) is 11.6 Å². The smallest absolute Gasteiger partial charge is 0.309 e. The van der Waals surface area contributed by atoms with E-state index < -0.39 is 11.6 Å². The molecule has 34 heavy (non-hydrogen) atoms. The lowest BCUT2D eigenvalue weighted by Gasteiger charge is -2.36. The fourth-order valence-electron chi connectivity index (χ4n) is 5.47. The number of piperazine rings is 1. The molecular weight excluding hydrogens is 444 g/mol. The van der Waals surface area contributed by atoms with Crippen LogP contribution in [0.3, 0.4) is 0 Å². The van der Waals surface area contributed by atoms with E-state index in [9.17, 15) is 13.6 Å². The summed E-state index contributed by atoms with van der Waals surface area (Å²) in [4.78, 5) is 16.8. The maximum atomic E-state index is 13.9. The number of carbonyl (C=O) groups is 1. The molecular formula is C25H33F2N3O4. The Morgan fingerprint density at radius 2 is 1.76 bits per heavy atom. The van der Waals surface area contributed by atoms with Gasteiger partial charge < -0.3 is 18.9 Å². The number of hydrogen-bond acceptors (Lipinski definition) is 7. The molecule has 2 saturated heterocycles. The van der Waals surface area contributed by atoms with Gasteiger partial charge in [-0.1, -0.05) is 5.16 Å². The van der Waals surface area contributed by atoms with Gasteiger partial charge in [0, 0.05) is 45.5 Å². The molecule has 3 heterocycles. The van der Waals surface area contributed by atoms with Crippen LogP contribution >= 0.6 is 0 Å². The van der Waals surface area contributed by atoms with Crippen molar-refractivity contribution in [2.45, 2.75) is 51.0 Å². The van der Waals surface area contributed by atoms with Crippen LogP contribution in [-0.4, -0.2) is 68.1 Å². The minimum absolute atomic E-state index is 0.00729. The Morgan fingerprint density at radius 3 is 2.50 bits per heavy atom. The molecule has 9 heteroatoms. The highest BCUT2D eigenvalue weighted by molar-refractivity contribution is 5.89. The predicted molar refractivity (Wildman–Crippen MR) is 123 cm³/mol. The SMILES string of the molecule is O=C(O[C@H]1CC[C@H](CCN2CCN(c3noc4c(F)cc(F)cc34)CC2)CC1)C1CCOCC1. The first-order chi connectivity index (χ1) is 16.6. The quantitative estimate of drug-likeness (QED) is 0.579. The second kappa shape index (κ2) is 10.6. The zero-order chi connectivity index (χ0) is 23.5. The Labute approximate surface area is 198 Å². The molecule has 0 spiro atoms. The molecule has 3 aliphatic rings. The summed E-state index contributed by atoms with van der Waals surface area (Å²) in [7, 11) is 0. The van der Waals surface area contributed by atoms with Gasteiger partial charge in [-0.15, -0.1) is 0 Å². The Kier molecular flexibility index (Phi) is 7.29. The number of benzene rings is 1. The Bertz CT molecular complexity index is 978. The number of ether oxygens (including phenoxy) is 2. The van der Waals surface area contributed by atoms with Crippen molar-refractivity contribution in [1.82, 2.24) is 10.1 Å². The average Bonchev–Trinajstić information content (AvgIpc) is 3.29. The molecule has 2 aromatic rings. The molecule has 1 aromatic carbocycles. The summed E-state index contributed by atoms with van der Waals surface area (Å²) in [5, 5.41) is 4.40. The minimum atomic E-state index is -0.722. The molecule has 186 valence electrons. The molecule has 0 N–H and O–H groups in total. The number of esters is 1. The van der Waals surface area contributed by atoms with E-state index in [4.69, 9.17) is 14.0 Å². The van der Waals surface area contributed by atoms with Crippen LogP contribution < -0.4 is 4.90 Å². The summed E-state index contributed by atoms with van der Waals surface area (Å²) in [5.74, 6) is -0.182. The van der Waals surface area contributed by atoms with E-state index in [1.165, 1.54) is 6.07 Å². The maximum Gasteiger partial charge on any atom is 0.309 e. The van der Waals surface area contributed by atoms with Gasteiger partial charge in [0.05, 0.1) is 11.3 Å². The summed E-state index contributed by atoms with van der Waals surface area (Å²) >= 11 is 0. The van der Waals surface area contributed by atoms with E-state index in [0.717, 1.165) is 83.7 Å². The van der Waals surface area contributed by atoms with Crippen molar-refractivity contribution >= 4 is 22.8 Å². The molecule has 0 atom stereocenters. The monoisotopic (exact) mass is 477 g/mol. The van der Waals surface area contributed by atoms with Crippen LogP contribution in [0.5, 0.6) is 0 Å². The molecule has 1 aromatic heterocycles. The normalized spacial score (nSPS) is 25.1. The zero-order valence-electron chi connectivity index (χ0n) is 19.5. The summed E-state index contributed by atoms with van der Waals surface area (Å²) in [6.45, 7) is 5.60. The van der Waals surface area contributed by atoms with Crippen LogP contribution in [-0.2, 0) is 14.3 Å². The zero-order valence-corrected chi connectivity index (χ0v) is 19.5. The minimum Gasteiger partial charge on any atom is -0.462 e. The molecule has 5 rings (SSSR count). The van der Waals surface area contributed by atoms with Crippen molar-refractivity contribution in [3.8, 4) is 0 Å². The second-order valence-electron chi connectivity index (χ2n) is 9.85. The topological polar surface area (TPSA) is 68.0 Å². The first kappa shape index (κ1) is 23.5. The van der Waals surface area contributed by atoms with Crippen molar-refractivity contribution in [3.05, 3.63) is 23.8 Å². The standard InChI is InChI=1S/C25H33F2N3O4/c26-19-15-21-23(22(27)16-19)34-28-24(21)30-11-9-29(10-12-30)8-5-17-1-3-20(4-2-17)33-25(31)18-6-13-32-14-7-18/h15-18,20H,1-14H2/t17-,20-. The molecule has 0 radical (unpaired) electrons. The van der Waals surface area contributed by atoms with Gasteiger partial charge >= 0.3 is 5.97 Å². The van der Waals surface area contributed by atoms with Gasteiger partial charge in [-0.3, -0.25) is 9.69 Å². The summed E-state index contributed by atoms with van der Waals surface area (Å²) in [6.07, 6.45) is 6.90. The lowest BCUT2D eigenvalue weighted by Crippen LogP contribution is -2.47. The Morgan fingerprint density at radius 1 is 1.03 bits per heavy atom. The van der Waals surface area contributed by atoms with Gasteiger partial charge in [0.25, 0.3) is 0 Å². The fourth-order valence-corrected chi connectivity index (χ4v) is 5.47. The van der Waals surface area contributed by atoms with E-state index in [-0.39, 0.29) is 23.6 Å². The van der Waals surface area contributed by atoms with E-state index in [2.05, 4.69) is 10.1 Å². The largest absolute Gasteiger partial charge is 0.462 e. The van der Waals surface area contributed by atoms with Crippen LogP contribution in [0.4, 0.5) is 14.6 Å². The van der Waals surface area contributed by atoms with Crippen molar-refractivity contribution < 1.29 is 27.6 Å². The first-order valence-electron chi connectivity index (χ1n) is 12.6. The van der Waals surface area contributed by atoms with Crippen LogP contribution in [0.1, 0.15) is 44.9 Å². The highest BCUT2D eigenvalue weighted by atomic mass is 19.1. The molecule has 0 unspecified atom stereocenters. The van der Waals surface area contributed by atoms with Gasteiger partial charge in [-0.25, -0.2) is 8.78 Å². The van der Waals surface area contributed by atoms with Crippen LogP contribution in [0.2, 0.25) is 0 Å². The number of fused-ring (bicyclic) bond motifs is 1. The number of hydrogen-bond donors (Lipinski definition) is 0. The van der Waals surface area contributed by atoms with Crippen LogP contribution in [0.15, 0.2) is 16.7 Å².